The van der Waals surface area contributed by atoms with Gasteiger partial charge in [-0.05, 0) is 47.0 Å². The number of anilines is 1. The Morgan fingerprint density at radius 1 is 1.16 bits per heavy atom. The Hall–Kier alpha value is -1.32. The van der Waals surface area contributed by atoms with E-state index in [4.69, 9.17) is 0 Å². The number of hydrogen-bond acceptors (Lipinski definition) is 2. The van der Waals surface area contributed by atoms with Crippen molar-refractivity contribution < 1.29 is 0 Å². The van der Waals surface area contributed by atoms with E-state index in [-0.39, 0.29) is 0 Å². The number of benzene rings is 2. The lowest BCUT2D eigenvalue weighted by molar-refractivity contribution is 1.16. The lowest BCUT2D eigenvalue weighted by Crippen LogP contribution is -2.00. The zero-order valence-corrected chi connectivity index (χ0v) is 13.0. The molecule has 3 rings (SSSR count). The first-order valence-electron chi connectivity index (χ1n) is 6.19. The molecule has 0 bridgehead atoms. The van der Waals surface area contributed by atoms with Gasteiger partial charge in [0.1, 0.15) is 0 Å². The summed E-state index contributed by atoms with van der Waals surface area (Å²) in [5.74, 6) is 0. The average Bonchev–Trinajstić information content (AvgIpc) is 2.83. The standard InChI is InChI=1S/C16H14BrNS/c1-11-6-7-13(17)8-15(11)18-9-12-10-19-16-5-3-2-4-14(12)16/h2-8,10,18H,9H2,1H3. The third kappa shape index (κ3) is 2.67. The predicted molar refractivity (Wildman–Crippen MR) is 88.0 cm³/mol. The number of halogens is 1. The van der Waals surface area contributed by atoms with E-state index in [0.29, 0.717) is 0 Å². The van der Waals surface area contributed by atoms with Crippen LogP contribution in [-0.2, 0) is 6.54 Å². The minimum Gasteiger partial charge on any atom is -0.381 e. The van der Waals surface area contributed by atoms with Gasteiger partial charge in [0.15, 0.2) is 0 Å². The Kier molecular flexibility index (Phi) is 3.58. The van der Waals surface area contributed by atoms with Gasteiger partial charge in [0.2, 0.25) is 0 Å². The highest BCUT2D eigenvalue weighted by Gasteiger charge is 2.04. The van der Waals surface area contributed by atoms with E-state index in [9.17, 15) is 0 Å². The van der Waals surface area contributed by atoms with E-state index in [1.165, 1.54) is 26.9 Å². The topological polar surface area (TPSA) is 12.0 Å². The van der Waals surface area contributed by atoms with Crippen LogP contribution in [0.25, 0.3) is 10.1 Å². The maximum Gasteiger partial charge on any atom is 0.0415 e. The smallest absolute Gasteiger partial charge is 0.0415 e. The zero-order valence-electron chi connectivity index (χ0n) is 10.6. The van der Waals surface area contributed by atoms with E-state index < -0.39 is 0 Å². The summed E-state index contributed by atoms with van der Waals surface area (Å²) in [7, 11) is 0. The summed E-state index contributed by atoms with van der Waals surface area (Å²) in [6, 6.07) is 14.9. The van der Waals surface area contributed by atoms with Crippen molar-refractivity contribution >= 4 is 43.0 Å². The number of hydrogen-bond donors (Lipinski definition) is 1. The molecule has 1 nitrogen and oxygen atoms in total. The molecule has 3 heteroatoms. The molecule has 3 aromatic rings. The van der Waals surface area contributed by atoms with Crippen LogP contribution in [0.5, 0.6) is 0 Å². The van der Waals surface area contributed by atoms with Crippen molar-refractivity contribution in [3.05, 3.63) is 63.4 Å². The summed E-state index contributed by atoms with van der Waals surface area (Å²) in [5, 5.41) is 7.12. The summed E-state index contributed by atoms with van der Waals surface area (Å²) in [5.41, 5.74) is 3.81. The van der Waals surface area contributed by atoms with Crippen molar-refractivity contribution in [1.82, 2.24) is 0 Å². The molecule has 0 aliphatic heterocycles. The zero-order chi connectivity index (χ0) is 13.2. The fraction of sp³-hybridized carbons (Fsp3) is 0.125. The molecule has 19 heavy (non-hydrogen) atoms. The van der Waals surface area contributed by atoms with Crippen molar-refractivity contribution in [2.75, 3.05) is 5.32 Å². The van der Waals surface area contributed by atoms with Gasteiger partial charge in [-0.1, -0.05) is 40.2 Å². The Bertz CT molecular complexity index is 718. The SMILES string of the molecule is Cc1ccc(Br)cc1NCc1csc2ccccc12. The van der Waals surface area contributed by atoms with E-state index in [2.05, 4.69) is 76.0 Å². The van der Waals surface area contributed by atoms with Crippen molar-refractivity contribution in [3.63, 3.8) is 0 Å². The van der Waals surface area contributed by atoms with Crippen LogP contribution < -0.4 is 5.32 Å². The van der Waals surface area contributed by atoms with Crippen LogP contribution in [0, 0.1) is 6.92 Å². The first-order chi connectivity index (χ1) is 9.24. The van der Waals surface area contributed by atoms with Crippen molar-refractivity contribution in [2.24, 2.45) is 0 Å². The van der Waals surface area contributed by atoms with E-state index in [0.717, 1.165) is 11.0 Å². The lowest BCUT2D eigenvalue weighted by Gasteiger charge is -2.09. The summed E-state index contributed by atoms with van der Waals surface area (Å²) < 4.78 is 2.46. The second-order valence-corrected chi connectivity index (χ2v) is 6.40. The lowest BCUT2D eigenvalue weighted by atomic mass is 10.1. The van der Waals surface area contributed by atoms with Gasteiger partial charge >= 0.3 is 0 Å². The Labute approximate surface area is 125 Å². The Morgan fingerprint density at radius 3 is 2.89 bits per heavy atom. The molecular formula is C16H14BrNS. The first-order valence-corrected chi connectivity index (χ1v) is 7.86. The van der Waals surface area contributed by atoms with E-state index >= 15 is 0 Å². The molecule has 0 spiro atoms. The highest BCUT2D eigenvalue weighted by molar-refractivity contribution is 9.10. The van der Waals surface area contributed by atoms with Crippen molar-refractivity contribution in [3.8, 4) is 0 Å². The quantitative estimate of drug-likeness (QED) is 0.660. The molecule has 1 heterocycles. The molecule has 96 valence electrons. The maximum absolute atomic E-state index is 3.52. The summed E-state index contributed by atoms with van der Waals surface area (Å²) in [6.07, 6.45) is 0. The van der Waals surface area contributed by atoms with Gasteiger partial charge < -0.3 is 5.32 Å². The van der Waals surface area contributed by atoms with Gasteiger partial charge in [0.25, 0.3) is 0 Å². The largest absolute Gasteiger partial charge is 0.381 e. The van der Waals surface area contributed by atoms with Gasteiger partial charge in [-0.15, -0.1) is 11.3 Å². The van der Waals surface area contributed by atoms with E-state index in [1.54, 1.807) is 0 Å². The molecule has 0 aliphatic rings. The molecule has 1 N–H and O–H groups in total. The van der Waals surface area contributed by atoms with Gasteiger partial charge in [0.05, 0.1) is 0 Å². The van der Waals surface area contributed by atoms with Gasteiger partial charge in [-0.2, -0.15) is 0 Å². The fourth-order valence-corrected chi connectivity index (χ4v) is 3.47. The molecule has 0 saturated heterocycles. The number of rotatable bonds is 3. The second-order valence-electron chi connectivity index (χ2n) is 4.57. The first kappa shape index (κ1) is 12.7. The third-order valence-corrected chi connectivity index (χ3v) is 4.74. The van der Waals surface area contributed by atoms with Crippen LogP contribution in [0.1, 0.15) is 11.1 Å². The summed E-state index contributed by atoms with van der Waals surface area (Å²) >= 11 is 5.32. The number of thiophene rings is 1. The molecule has 0 aliphatic carbocycles. The van der Waals surface area contributed by atoms with Crippen molar-refractivity contribution in [2.45, 2.75) is 13.5 Å². The Balaban J connectivity index is 1.84. The van der Waals surface area contributed by atoms with Gasteiger partial charge in [-0.3, -0.25) is 0 Å². The number of nitrogens with one attached hydrogen (secondary N) is 1. The number of fused-ring (bicyclic) bond motifs is 1. The second kappa shape index (κ2) is 5.35. The summed E-state index contributed by atoms with van der Waals surface area (Å²) in [6.45, 7) is 2.99. The third-order valence-electron chi connectivity index (χ3n) is 3.23. The van der Waals surface area contributed by atoms with Crippen LogP contribution in [0.3, 0.4) is 0 Å². The highest BCUT2D eigenvalue weighted by Crippen LogP contribution is 2.27. The van der Waals surface area contributed by atoms with Crippen LogP contribution in [0.2, 0.25) is 0 Å². The molecular weight excluding hydrogens is 318 g/mol. The van der Waals surface area contributed by atoms with Crippen LogP contribution in [-0.4, -0.2) is 0 Å². The molecule has 0 radical (unpaired) electrons. The summed E-state index contributed by atoms with van der Waals surface area (Å²) in [4.78, 5) is 0. The highest BCUT2D eigenvalue weighted by atomic mass is 79.9. The monoisotopic (exact) mass is 331 g/mol. The minimum absolute atomic E-state index is 0.862. The predicted octanol–water partition coefficient (Wildman–Crippen LogP) is 5.58. The van der Waals surface area contributed by atoms with Gasteiger partial charge in [-0.25, -0.2) is 0 Å². The van der Waals surface area contributed by atoms with Gasteiger partial charge in [0, 0.05) is 21.4 Å². The molecule has 0 unspecified atom stereocenters. The Morgan fingerprint density at radius 2 is 2.00 bits per heavy atom. The molecule has 0 atom stereocenters. The van der Waals surface area contributed by atoms with Crippen LogP contribution in [0.15, 0.2) is 52.3 Å². The molecule has 1 aromatic heterocycles. The molecule has 0 fully saturated rings. The molecule has 0 amide bonds. The fourth-order valence-electron chi connectivity index (χ4n) is 2.14. The molecule has 0 saturated carbocycles. The minimum atomic E-state index is 0.862. The van der Waals surface area contributed by atoms with Crippen LogP contribution >= 0.6 is 27.3 Å². The van der Waals surface area contributed by atoms with Crippen LogP contribution in [0.4, 0.5) is 5.69 Å². The molecule has 2 aromatic carbocycles. The maximum atomic E-state index is 3.52. The number of aryl methyl sites for hydroxylation is 1. The average molecular weight is 332 g/mol. The van der Waals surface area contributed by atoms with Crippen molar-refractivity contribution in [1.29, 1.82) is 0 Å². The normalized spacial score (nSPS) is 10.8. The van der Waals surface area contributed by atoms with E-state index in [1.807, 2.05) is 11.3 Å².